The monoisotopic (exact) mass is 230 g/mol. The minimum absolute atomic E-state index is 0.0286. The van der Waals surface area contributed by atoms with E-state index in [1.165, 1.54) is 0 Å². The number of carbonyl (C=O) groups is 1. The second-order valence-corrected chi connectivity index (χ2v) is 4.15. The van der Waals surface area contributed by atoms with E-state index in [2.05, 4.69) is 19.9 Å². The van der Waals surface area contributed by atoms with Crippen LogP contribution in [0.4, 0.5) is 0 Å². The van der Waals surface area contributed by atoms with E-state index in [1.54, 1.807) is 18.5 Å². The summed E-state index contributed by atoms with van der Waals surface area (Å²) in [4.78, 5) is 27.4. The number of H-pyrrole nitrogens is 1. The number of Topliss-reactive ketones (excluding diaryl/α,β-unsaturated/α-hetero) is 1. The first-order chi connectivity index (χ1) is 8.09. The molecule has 5 nitrogen and oxygen atoms in total. The summed E-state index contributed by atoms with van der Waals surface area (Å²) in [7, 11) is 0. The van der Waals surface area contributed by atoms with Crippen LogP contribution in [-0.4, -0.2) is 25.7 Å². The van der Waals surface area contributed by atoms with Crippen molar-refractivity contribution >= 4 is 5.78 Å². The van der Waals surface area contributed by atoms with Crippen molar-refractivity contribution in [3.05, 3.63) is 29.8 Å². The Morgan fingerprint density at radius 1 is 1.29 bits per heavy atom. The summed E-state index contributed by atoms with van der Waals surface area (Å²) in [5, 5.41) is 0. The molecule has 0 spiro atoms. The summed E-state index contributed by atoms with van der Waals surface area (Å²) in [5.74, 6) is 0.993. The molecule has 2 heterocycles. The Bertz CT molecular complexity index is 531. The third-order valence-electron chi connectivity index (χ3n) is 2.42. The molecule has 0 atom stereocenters. The molecule has 0 aliphatic rings. The van der Waals surface area contributed by atoms with Gasteiger partial charge >= 0.3 is 0 Å². The quantitative estimate of drug-likeness (QED) is 0.819. The second kappa shape index (κ2) is 4.45. The summed E-state index contributed by atoms with van der Waals surface area (Å²) in [6.45, 7) is 5.54. The average molecular weight is 230 g/mol. The number of imidazole rings is 1. The van der Waals surface area contributed by atoms with Gasteiger partial charge in [0.15, 0.2) is 17.4 Å². The molecule has 1 N–H and O–H groups in total. The van der Waals surface area contributed by atoms with Crippen LogP contribution in [0.25, 0.3) is 11.6 Å². The van der Waals surface area contributed by atoms with Gasteiger partial charge in [-0.2, -0.15) is 0 Å². The van der Waals surface area contributed by atoms with Gasteiger partial charge in [0.25, 0.3) is 0 Å². The fourth-order valence-electron chi connectivity index (χ4n) is 1.50. The Kier molecular flexibility index (Phi) is 2.99. The standard InChI is InChI=1S/C12H14N4O/c1-7(2)10(17)9-8(3)15-12(16-9)11-13-5-4-6-14-11/h4-7H,1-3H3,(H,15,16). The van der Waals surface area contributed by atoms with Crippen molar-refractivity contribution in [2.75, 3.05) is 0 Å². The molecule has 2 aromatic rings. The third-order valence-corrected chi connectivity index (χ3v) is 2.42. The number of nitrogens with one attached hydrogen (secondary N) is 1. The highest BCUT2D eigenvalue weighted by Crippen LogP contribution is 2.16. The van der Waals surface area contributed by atoms with Crippen LogP contribution in [0.15, 0.2) is 18.5 Å². The minimum atomic E-state index is -0.0680. The highest BCUT2D eigenvalue weighted by Gasteiger charge is 2.18. The van der Waals surface area contributed by atoms with Gasteiger partial charge in [-0.1, -0.05) is 13.8 Å². The predicted molar refractivity (Wildman–Crippen MR) is 63.5 cm³/mol. The molecule has 2 rings (SSSR count). The van der Waals surface area contributed by atoms with Crippen LogP contribution in [0.1, 0.15) is 30.0 Å². The van der Waals surface area contributed by atoms with Gasteiger partial charge in [0.05, 0.1) is 0 Å². The first-order valence-corrected chi connectivity index (χ1v) is 5.47. The third kappa shape index (κ3) is 2.22. The maximum absolute atomic E-state index is 11.9. The Morgan fingerprint density at radius 2 is 1.94 bits per heavy atom. The van der Waals surface area contributed by atoms with E-state index in [-0.39, 0.29) is 11.7 Å². The summed E-state index contributed by atoms with van der Waals surface area (Å²) >= 11 is 0. The van der Waals surface area contributed by atoms with Crippen molar-refractivity contribution in [3.63, 3.8) is 0 Å². The minimum Gasteiger partial charge on any atom is -0.339 e. The van der Waals surface area contributed by atoms with Crippen LogP contribution in [0.3, 0.4) is 0 Å². The molecule has 5 heteroatoms. The molecule has 0 fully saturated rings. The van der Waals surface area contributed by atoms with Gasteiger partial charge in [-0.3, -0.25) is 4.79 Å². The van der Waals surface area contributed by atoms with Crippen molar-refractivity contribution in [3.8, 4) is 11.6 Å². The highest BCUT2D eigenvalue weighted by molar-refractivity contribution is 5.97. The van der Waals surface area contributed by atoms with E-state index in [9.17, 15) is 4.79 Å². The fraction of sp³-hybridized carbons (Fsp3) is 0.333. The molecule has 0 aliphatic heterocycles. The summed E-state index contributed by atoms with van der Waals surface area (Å²) < 4.78 is 0. The van der Waals surface area contributed by atoms with Crippen LogP contribution in [0.5, 0.6) is 0 Å². The van der Waals surface area contributed by atoms with Gasteiger partial charge in [-0.15, -0.1) is 0 Å². The molecule has 0 bridgehead atoms. The van der Waals surface area contributed by atoms with E-state index in [1.807, 2.05) is 20.8 Å². The van der Waals surface area contributed by atoms with Gasteiger partial charge in [-0.05, 0) is 13.0 Å². The Hall–Kier alpha value is -2.04. The number of nitrogens with zero attached hydrogens (tertiary/aromatic N) is 3. The van der Waals surface area contributed by atoms with Crippen molar-refractivity contribution in [1.82, 2.24) is 19.9 Å². The molecule has 0 aromatic carbocycles. The van der Waals surface area contributed by atoms with Crippen LogP contribution >= 0.6 is 0 Å². The van der Waals surface area contributed by atoms with Crippen molar-refractivity contribution in [1.29, 1.82) is 0 Å². The number of aromatic amines is 1. The van der Waals surface area contributed by atoms with Gasteiger partial charge in [-0.25, -0.2) is 15.0 Å². The summed E-state index contributed by atoms with van der Waals surface area (Å²) in [5.41, 5.74) is 1.23. The number of carbonyl (C=O) groups excluding carboxylic acids is 1. The molecule has 0 aliphatic carbocycles. The lowest BCUT2D eigenvalue weighted by atomic mass is 10.1. The lowest BCUT2D eigenvalue weighted by Crippen LogP contribution is -2.09. The largest absolute Gasteiger partial charge is 0.339 e. The van der Waals surface area contributed by atoms with Crippen LogP contribution in [-0.2, 0) is 0 Å². The van der Waals surface area contributed by atoms with Gasteiger partial charge in [0.2, 0.25) is 0 Å². The van der Waals surface area contributed by atoms with E-state index in [0.717, 1.165) is 5.69 Å². The van der Waals surface area contributed by atoms with Crippen LogP contribution in [0, 0.1) is 12.8 Å². The van der Waals surface area contributed by atoms with E-state index >= 15 is 0 Å². The molecular weight excluding hydrogens is 216 g/mol. The Labute approximate surface area is 99.3 Å². The zero-order valence-corrected chi connectivity index (χ0v) is 10.1. The SMILES string of the molecule is Cc1[nH]c(-c2ncccn2)nc1C(=O)C(C)C. The van der Waals surface area contributed by atoms with E-state index in [4.69, 9.17) is 0 Å². The molecule has 0 saturated carbocycles. The number of hydrogen-bond acceptors (Lipinski definition) is 4. The number of aryl methyl sites for hydroxylation is 1. The topological polar surface area (TPSA) is 71.5 Å². The maximum Gasteiger partial charge on any atom is 0.195 e. The lowest BCUT2D eigenvalue weighted by Gasteiger charge is -2.00. The molecule has 88 valence electrons. The van der Waals surface area contributed by atoms with E-state index < -0.39 is 0 Å². The number of ketones is 1. The fourth-order valence-corrected chi connectivity index (χ4v) is 1.50. The second-order valence-electron chi connectivity index (χ2n) is 4.15. The summed E-state index contributed by atoms with van der Waals surface area (Å²) in [6, 6.07) is 1.74. The van der Waals surface area contributed by atoms with E-state index in [0.29, 0.717) is 17.3 Å². The van der Waals surface area contributed by atoms with Crippen molar-refractivity contribution in [2.45, 2.75) is 20.8 Å². The lowest BCUT2D eigenvalue weighted by molar-refractivity contribution is 0.0934. The highest BCUT2D eigenvalue weighted by atomic mass is 16.1. The molecule has 0 saturated heterocycles. The smallest absolute Gasteiger partial charge is 0.195 e. The normalized spacial score (nSPS) is 10.8. The summed E-state index contributed by atoms with van der Waals surface area (Å²) in [6.07, 6.45) is 3.29. The Balaban J connectivity index is 2.41. The molecule has 0 radical (unpaired) electrons. The van der Waals surface area contributed by atoms with Gasteiger partial charge < -0.3 is 4.98 Å². The number of hydrogen-bond donors (Lipinski definition) is 1. The number of rotatable bonds is 3. The zero-order chi connectivity index (χ0) is 12.4. The molecule has 2 aromatic heterocycles. The molecule has 17 heavy (non-hydrogen) atoms. The first-order valence-electron chi connectivity index (χ1n) is 5.47. The Morgan fingerprint density at radius 3 is 2.53 bits per heavy atom. The first kappa shape index (κ1) is 11.4. The van der Waals surface area contributed by atoms with Crippen LogP contribution in [0.2, 0.25) is 0 Å². The predicted octanol–water partition coefficient (Wildman–Crippen LogP) is 2.01. The van der Waals surface area contributed by atoms with Crippen molar-refractivity contribution < 1.29 is 4.79 Å². The van der Waals surface area contributed by atoms with Crippen LogP contribution < -0.4 is 0 Å². The number of aromatic nitrogens is 4. The molecule has 0 amide bonds. The maximum atomic E-state index is 11.9. The van der Waals surface area contributed by atoms with Crippen molar-refractivity contribution in [2.24, 2.45) is 5.92 Å². The van der Waals surface area contributed by atoms with Gasteiger partial charge in [0, 0.05) is 24.0 Å². The molecule has 0 unspecified atom stereocenters. The zero-order valence-electron chi connectivity index (χ0n) is 10.1. The molecular formula is C12H14N4O. The average Bonchev–Trinajstić information content (AvgIpc) is 2.71. The van der Waals surface area contributed by atoms with Gasteiger partial charge in [0.1, 0.15) is 5.69 Å².